The topological polar surface area (TPSA) is 116 Å². The molecule has 0 aromatic carbocycles. The molecule has 6 heterocycles. The normalized spacial score (nSPS) is 62.4. The number of carbonyl (C=O) groups is 1. The lowest BCUT2D eigenvalue weighted by atomic mass is 9.50. The van der Waals surface area contributed by atoms with Gasteiger partial charge in [0.15, 0.2) is 0 Å². The molecular weight excluding hydrogens is 504 g/mol. The summed E-state index contributed by atoms with van der Waals surface area (Å²) in [4.78, 5) is 14.0. The first-order valence-corrected chi connectivity index (χ1v) is 15.1. The number of ether oxygens (including phenoxy) is 6. The molecule has 5 bridgehead atoms. The van der Waals surface area contributed by atoms with Crippen molar-refractivity contribution in [3.05, 3.63) is 12.2 Å². The Morgan fingerprint density at radius 2 is 1.77 bits per heavy atom. The van der Waals surface area contributed by atoms with Gasteiger partial charge in [-0.05, 0) is 37.2 Å². The Hall–Kier alpha value is -1.07. The predicted molar refractivity (Wildman–Crippen MR) is 135 cm³/mol. The van der Waals surface area contributed by atoms with Crippen molar-refractivity contribution in [1.82, 2.24) is 0 Å². The summed E-state index contributed by atoms with van der Waals surface area (Å²) >= 11 is 0. The molecule has 2 aliphatic carbocycles. The Bertz CT molecular complexity index is 1140. The van der Waals surface area contributed by atoms with Gasteiger partial charge in [0.1, 0.15) is 29.5 Å². The largest absolute Gasteiger partial charge is 0.431 e. The molecule has 3 spiro atoms. The predicted octanol–water partition coefficient (Wildman–Crippen LogP) is 2.95. The average Bonchev–Trinajstić information content (AvgIpc) is 3.39. The highest BCUT2D eigenvalue weighted by Crippen LogP contribution is 2.77. The van der Waals surface area contributed by atoms with Crippen molar-refractivity contribution < 1.29 is 43.4 Å². The van der Waals surface area contributed by atoms with E-state index < -0.39 is 76.9 Å². The van der Waals surface area contributed by atoms with Gasteiger partial charge in [-0.1, -0.05) is 52.5 Å². The van der Waals surface area contributed by atoms with E-state index in [9.17, 15) is 15.0 Å². The number of aliphatic hydroxyl groups is 2. The first kappa shape index (κ1) is 25.6. The number of hydrogen-bond acceptors (Lipinski definition) is 9. The zero-order valence-electron chi connectivity index (χ0n) is 23.4. The fourth-order valence-corrected chi connectivity index (χ4v) is 10.7. The molecule has 8 rings (SSSR count). The van der Waals surface area contributed by atoms with Crippen LogP contribution in [0.15, 0.2) is 12.2 Å². The second kappa shape index (κ2) is 7.46. The Morgan fingerprint density at radius 3 is 2.51 bits per heavy atom. The number of fused-ring (bicyclic) bond motifs is 3. The maximum Gasteiger partial charge on any atom is 0.344 e. The summed E-state index contributed by atoms with van der Waals surface area (Å²) in [5.74, 6) is -4.22. The summed E-state index contributed by atoms with van der Waals surface area (Å²) in [5.41, 5.74) is -4.00. The molecule has 216 valence electrons. The molecule has 9 heteroatoms. The number of carbonyl (C=O) groups excluding carboxylic acids is 1. The van der Waals surface area contributed by atoms with Crippen LogP contribution in [-0.2, 0) is 33.2 Å². The smallest absolute Gasteiger partial charge is 0.344 e. The molecular formula is C30H42O9. The lowest BCUT2D eigenvalue weighted by Crippen LogP contribution is -2.75. The average molecular weight is 547 g/mol. The van der Waals surface area contributed by atoms with E-state index in [1.54, 1.807) is 0 Å². The molecule has 14 atom stereocenters. The van der Waals surface area contributed by atoms with Gasteiger partial charge in [0.2, 0.25) is 11.4 Å². The second-order valence-corrected chi connectivity index (χ2v) is 14.2. The number of hydrogen-bond donors (Lipinski definition) is 2. The summed E-state index contributed by atoms with van der Waals surface area (Å²) in [5, 5.41) is 22.9. The van der Waals surface area contributed by atoms with Crippen molar-refractivity contribution in [3.8, 4) is 0 Å². The zero-order chi connectivity index (χ0) is 27.4. The third-order valence-electron chi connectivity index (χ3n) is 12.3. The highest BCUT2D eigenvalue weighted by Gasteiger charge is 2.93. The van der Waals surface area contributed by atoms with Gasteiger partial charge >= 0.3 is 5.97 Å². The molecule has 0 amide bonds. The summed E-state index contributed by atoms with van der Waals surface area (Å²) in [6, 6.07) is 0. The monoisotopic (exact) mass is 546 g/mol. The van der Waals surface area contributed by atoms with Crippen molar-refractivity contribution in [2.45, 2.75) is 132 Å². The summed E-state index contributed by atoms with van der Waals surface area (Å²) in [7, 11) is 0. The van der Waals surface area contributed by atoms with E-state index in [-0.39, 0.29) is 17.8 Å². The molecule has 8 fully saturated rings. The van der Waals surface area contributed by atoms with Gasteiger partial charge in [-0.15, -0.1) is 0 Å². The summed E-state index contributed by atoms with van der Waals surface area (Å²) in [6.07, 6.45) is 4.93. The van der Waals surface area contributed by atoms with E-state index in [2.05, 4.69) is 20.4 Å². The van der Waals surface area contributed by atoms with Crippen LogP contribution in [0.1, 0.15) is 79.1 Å². The van der Waals surface area contributed by atoms with Gasteiger partial charge in [-0.25, -0.2) is 4.79 Å². The van der Waals surface area contributed by atoms with Crippen molar-refractivity contribution in [2.24, 2.45) is 29.6 Å². The van der Waals surface area contributed by atoms with Gasteiger partial charge in [0.05, 0.1) is 12.2 Å². The van der Waals surface area contributed by atoms with E-state index in [1.807, 2.05) is 13.8 Å². The molecule has 0 aromatic heterocycles. The van der Waals surface area contributed by atoms with Crippen LogP contribution in [-0.4, -0.2) is 75.3 Å². The van der Waals surface area contributed by atoms with Crippen molar-refractivity contribution in [3.63, 3.8) is 0 Å². The first-order chi connectivity index (χ1) is 18.5. The van der Waals surface area contributed by atoms with Gasteiger partial charge in [0.25, 0.3) is 5.97 Å². The maximum atomic E-state index is 14.0. The Balaban J connectivity index is 1.42. The van der Waals surface area contributed by atoms with E-state index in [4.69, 9.17) is 28.4 Å². The van der Waals surface area contributed by atoms with Gasteiger partial charge in [-0.3, -0.25) is 0 Å². The highest BCUT2D eigenvalue weighted by atomic mass is 16.9. The highest BCUT2D eigenvalue weighted by molar-refractivity contribution is 5.85. The third kappa shape index (κ3) is 2.63. The van der Waals surface area contributed by atoms with Gasteiger partial charge in [0, 0.05) is 31.1 Å². The van der Waals surface area contributed by atoms with E-state index >= 15 is 0 Å². The summed E-state index contributed by atoms with van der Waals surface area (Å²) in [6.45, 7) is 12.1. The fraction of sp³-hybridized carbons (Fsp3) is 0.900. The van der Waals surface area contributed by atoms with Crippen LogP contribution in [0.2, 0.25) is 0 Å². The minimum absolute atomic E-state index is 0.104. The van der Waals surface area contributed by atoms with E-state index in [1.165, 1.54) is 0 Å². The standard InChI is InChI=1S/C30H42O9/c1-15(2)26-13-17(4)29-19-21(26)35-28(38-26,39-29)12-10-8-6-7-9-11-16(3)18-20(29)30(24(33)36-25(18,5)37-30)23(32)27(14-31)22(19)34-27/h16-23,31-32H,1,6-14H2,2-5H3/t16-,17+,18+,19+,20-,21+,22-,23+,25-,26+,27-,28-,29+,30-/m0/s1. The van der Waals surface area contributed by atoms with Crippen LogP contribution in [0, 0.1) is 29.6 Å². The molecule has 2 saturated carbocycles. The van der Waals surface area contributed by atoms with Crippen molar-refractivity contribution in [2.75, 3.05) is 6.61 Å². The lowest BCUT2D eigenvalue weighted by Gasteiger charge is -2.61. The summed E-state index contributed by atoms with van der Waals surface area (Å²) < 4.78 is 40.2. The molecule has 0 unspecified atom stereocenters. The van der Waals surface area contributed by atoms with Crippen molar-refractivity contribution >= 4 is 5.97 Å². The fourth-order valence-electron chi connectivity index (χ4n) is 10.7. The van der Waals surface area contributed by atoms with Crippen LogP contribution >= 0.6 is 0 Å². The lowest BCUT2D eigenvalue weighted by molar-refractivity contribution is -0.435. The Morgan fingerprint density at radius 1 is 1.03 bits per heavy atom. The van der Waals surface area contributed by atoms with E-state index in [0.29, 0.717) is 12.8 Å². The molecule has 6 saturated heterocycles. The molecule has 0 aromatic rings. The minimum atomic E-state index is -1.73. The van der Waals surface area contributed by atoms with Crippen LogP contribution in [0.5, 0.6) is 0 Å². The third-order valence-corrected chi connectivity index (χ3v) is 12.3. The molecule has 8 aliphatic rings. The molecule has 0 radical (unpaired) electrons. The quantitative estimate of drug-likeness (QED) is 0.306. The SMILES string of the molecule is C=C(C)[C@]12C[C@@H](C)[C@]34O[C@]5(CCCCCCC[C@H](C)[C@@H]6[C@@H]3[C@]3(O[C@]6(C)OC3=O)[C@H](O)[C@@]3(CO)O[C@H]3[C@H]4[C@H]1O5)O2. The Kier molecular flexibility index (Phi) is 4.90. The molecule has 39 heavy (non-hydrogen) atoms. The molecule has 9 nitrogen and oxygen atoms in total. The van der Waals surface area contributed by atoms with Gasteiger partial charge in [-0.2, -0.15) is 0 Å². The first-order valence-electron chi connectivity index (χ1n) is 15.1. The Labute approximate surface area is 229 Å². The van der Waals surface area contributed by atoms with Gasteiger partial charge < -0.3 is 38.6 Å². The van der Waals surface area contributed by atoms with E-state index in [0.717, 1.165) is 44.1 Å². The number of rotatable bonds is 2. The number of aliphatic hydroxyl groups excluding tert-OH is 2. The second-order valence-electron chi connectivity index (χ2n) is 14.2. The molecule has 6 aliphatic heterocycles. The maximum absolute atomic E-state index is 14.0. The minimum Gasteiger partial charge on any atom is -0.431 e. The van der Waals surface area contributed by atoms with Crippen LogP contribution < -0.4 is 0 Å². The van der Waals surface area contributed by atoms with Crippen LogP contribution in [0.4, 0.5) is 0 Å². The zero-order valence-corrected chi connectivity index (χ0v) is 23.4. The van der Waals surface area contributed by atoms with Crippen LogP contribution in [0.3, 0.4) is 0 Å². The van der Waals surface area contributed by atoms with Crippen molar-refractivity contribution in [1.29, 1.82) is 0 Å². The molecule has 2 N–H and O–H groups in total. The van der Waals surface area contributed by atoms with Crippen LogP contribution in [0.25, 0.3) is 0 Å². The number of esters is 1. The number of epoxide rings is 1.